The molecule has 4 nitrogen and oxygen atoms in total. The van der Waals surface area contributed by atoms with E-state index in [2.05, 4.69) is 30.3 Å². The molecule has 6 heteroatoms. The summed E-state index contributed by atoms with van der Waals surface area (Å²) >= 11 is 6.01. The van der Waals surface area contributed by atoms with Crippen LogP contribution in [0.15, 0.2) is 29.3 Å². The molecule has 0 spiro atoms. The highest BCUT2D eigenvalue weighted by atomic mass is 127. The van der Waals surface area contributed by atoms with E-state index in [4.69, 9.17) is 21.3 Å². The van der Waals surface area contributed by atoms with E-state index >= 15 is 0 Å². The molecule has 0 bridgehead atoms. The summed E-state index contributed by atoms with van der Waals surface area (Å²) in [6.07, 6.45) is 2.04. The second-order valence-corrected chi connectivity index (χ2v) is 6.16. The smallest absolute Gasteiger partial charge is 0.193 e. The van der Waals surface area contributed by atoms with Crippen LogP contribution in [0.2, 0.25) is 5.02 Å². The Morgan fingerprint density at radius 2 is 2.30 bits per heavy atom. The number of aliphatic imine (C=N–C) groups is 1. The number of guanidine groups is 1. The second kappa shape index (κ2) is 11.1. The molecule has 1 aromatic carbocycles. The fourth-order valence-electron chi connectivity index (χ4n) is 2.65. The Hall–Kier alpha value is -0.530. The van der Waals surface area contributed by atoms with Gasteiger partial charge in [-0.15, -0.1) is 24.0 Å². The first kappa shape index (κ1) is 20.5. The summed E-state index contributed by atoms with van der Waals surface area (Å²) in [5.41, 5.74) is 1.22. The van der Waals surface area contributed by atoms with Crippen LogP contribution in [0.5, 0.6) is 0 Å². The largest absolute Gasteiger partial charge is 0.381 e. The molecule has 1 aromatic rings. The van der Waals surface area contributed by atoms with Crippen LogP contribution < -0.4 is 5.32 Å². The summed E-state index contributed by atoms with van der Waals surface area (Å²) in [6, 6.07) is 7.98. The van der Waals surface area contributed by atoms with Crippen LogP contribution in [0.25, 0.3) is 0 Å². The highest BCUT2D eigenvalue weighted by Gasteiger charge is 2.18. The van der Waals surface area contributed by atoms with Gasteiger partial charge in [-0.3, -0.25) is 4.99 Å². The van der Waals surface area contributed by atoms with Gasteiger partial charge < -0.3 is 15.0 Å². The van der Waals surface area contributed by atoms with Crippen molar-refractivity contribution in [2.75, 3.05) is 39.9 Å². The van der Waals surface area contributed by atoms with Gasteiger partial charge in [-0.25, -0.2) is 0 Å². The molecule has 0 aromatic heterocycles. The van der Waals surface area contributed by atoms with Gasteiger partial charge >= 0.3 is 0 Å². The lowest BCUT2D eigenvalue weighted by Gasteiger charge is -2.24. The highest BCUT2D eigenvalue weighted by Crippen LogP contribution is 2.13. The first-order valence-corrected chi connectivity index (χ1v) is 8.38. The van der Waals surface area contributed by atoms with Crippen LogP contribution in [0.4, 0.5) is 0 Å². The monoisotopic (exact) mass is 451 g/mol. The minimum Gasteiger partial charge on any atom is -0.381 e. The van der Waals surface area contributed by atoms with E-state index in [9.17, 15) is 0 Å². The summed E-state index contributed by atoms with van der Waals surface area (Å²) in [5, 5.41) is 4.15. The van der Waals surface area contributed by atoms with Crippen molar-refractivity contribution in [3.05, 3.63) is 34.9 Å². The predicted octanol–water partition coefficient (Wildman–Crippen LogP) is 3.43. The molecule has 0 saturated carbocycles. The molecule has 1 heterocycles. The summed E-state index contributed by atoms with van der Waals surface area (Å²) in [5.74, 6) is 1.58. The van der Waals surface area contributed by atoms with Crippen molar-refractivity contribution in [3.63, 3.8) is 0 Å². The molecule has 0 amide bonds. The molecule has 1 unspecified atom stereocenters. The Labute approximate surface area is 161 Å². The minimum atomic E-state index is 0. The molecule has 130 valence electrons. The van der Waals surface area contributed by atoms with Crippen molar-refractivity contribution in [2.45, 2.75) is 19.8 Å². The van der Waals surface area contributed by atoms with E-state index < -0.39 is 0 Å². The number of nitrogens with one attached hydrogen (secondary N) is 1. The SMILES string of the molecule is CCNC(=NCCc1cccc(Cl)c1)N(C)CC1CCOC1.I. The number of hydrogen-bond acceptors (Lipinski definition) is 2. The maximum Gasteiger partial charge on any atom is 0.193 e. The Bertz CT molecular complexity index is 492. The van der Waals surface area contributed by atoms with Gasteiger partial charge in [0.1, 0.15) is 0 Å². The van der Waals surface area contributed by atoms with Crippen molar-refractivity contribution >= 4 is 41.5 Å². The van der Waals surface area contributed by atoms with Gasteiger partial charge in [-0.2, -0.15) is 0 Å². The standard InChI is InChI=1S/C17H26ClN3O.HI/c1-3-19-17(21(2)12-15-8-10-22-13-15)20-9-7-14-5-4-6-16(18)11-14;/h4-6,11,15H,3,7-10,12-13H2,1-2H3,(H,19,20);1H. The normalized spacial score (nSPS) is 17.7. The molecule has 23 heavy (non-hydrogen) atoms. The molecule has 1 N–H and O–H groups in total. The maximum absolute atomic E-state index is 6.01. The van der Waals surface area contributed by atoms with Gasteiger partial charge in [0.15, 0.2) is 5.96 Å². The van der Waals surface area contributed by atoms with E-state index in [0.29, 0.717) is 5.92 Å². The van der Waals surface area contributed by atoms with Crippen LogP contribution in [-0.2, 0) is 11.2 Å². The third-order valence-electron chi connectivity index (χ3n) is 3.80. The zero-order chi connectivity index (χ0) is 15.8. The fourth-order valence-corrected chi connectivity index (χ4v) is 2.87. The molecule has 1 aliphatic heterocycles. The number of rotatable bonds is 6. The van der Waals surface area contributed by atoms with Crippen molar-refractivity contribution in [2.24, 2.45) is 10.9 Å². The van der Waals surface area contributed by atoms with E-state index in [1.165, 1.54) is 5.56 Å². The molecule has 1 atom stereocenters. The summed E-state index contributed by atoms with van der Waals surface area (Å²) in [4.78, 5) is 6.94. The van der Waals surface area contributed by atoms with E-state index in [0.717, 1.165) is 56.7 Å². The quantitative estimate of drug-likeness (QED) is 0.409. The summed E-state index contributed by atoms with van der Waals surface area (Å²) in [7, 11) is 2.10. The van der Waals surface area contributed by atoms with Crippen molar-refractivity contribution in [1.29, 1.82) is 0 Å². The Morgan fingerprint density at radius 1 is 1.48 bits per heavy atom. The summed E-state index contributed by atoms with van der Waals surface area (Å²) < 4.78 is 5.45. The van der Waals surface area contributed by atoms with Gasteiger partial charge in [-0.1, -0.05) is 23.7 Å². The van der Waals surface area contributed by atoms with Gasteiger partial charge in [-0.05, 0) is 37.5 Å². The lowest BCUT2D eigenvalue weighted by molar-refractivity contribution is 0.181. The zero-order valence-corrected chi connectivity index (χ0v) is 17.0. The topological polar surface area (TPSA) is 36.9 Å². The molecule has 1 aliphatic rings. The van der Waals surface area contributed by atoms with Crippen molar-refractivity contribution < 1.29 is 4.74 Å². The molecule has 2 rings (SSSR count). The lowest BCUT2D eigenvalue weighted by Crippen LogP contribution is -2.41. The Balaban J connectivity index is 0.00000264. The van der Waals surface area contributed by atoms with Crippen molar-refractivity contribution in [3.8, 4) is 0 Å². The number of ether oxygens (including phenoxy) is 1. The first-order chi connectivity index (χ1) is 10.7. The van der Waals surface area contributed by atoms with Gasteiger partial charge in [0.25, 0.3) is 0 Å². The molecule has 1 saturated heterocycles. The lowest BCUT2D eigenvalue weighted by atomic mass is 10.1. The van der Waals surface area contributed by atoms with E-state index in [-0.39, 0.29) is 24.0 Å². The minimum absolute atomic E-state index is 0. The van der Waals surface area contributed by atoms with Gasteiger partial charge in [0, 0.05) is 44.2 Å². The Kier molecular flexibility index (Phi) is 9.90. The Morgan fingerprint density at radius 3 is 2.96 bits per heavy atom. The average Bonchev–Trinajstić information content (AvgIpc) is 2.99. The number of hydrogen-bond donors (Lipinski definition) is 1. The van der Waals surface area contributed by atoms with Crippen LogP contribution in [-0.4, -0.2) is 50.8 Å². The summed E-state index contributed by atoms with van der Waals surface area (Å²) in [6.45, 7) is 6.48. The molecular formula is C17H27ClIN3O. The van der Waals surface area contributed by atoms with E-state index in [1.807, 2.05) is 18.2 Å². The maximum atomic E-state index is 6.01. The average molecular weight is 452 g/mol. The highest BCUT2D eigenvalue weighted by molar-refractivity contribution is 14.0. The van der Waals surface area contributed by atoms with Crippen LogP contribution in [0.1, 0.15) is 18.9 Å². The van der Waals surface area contributed by atoms with Crippen LogP contribution in [0, 0.1) is 5.92 Å². The molecule has 1 fully saturated rings. The second-order valence-electron chi connectivity index (χ2n) is 5.73. The first-order valence-electron chi connectivity index (χ1n) is 8.00. The van der Waals surface area contributed by atoms with Crippen molar-refractivity contribution in [1.82, 2.24) is 10.2 Å². The molecular weight excluding hydrogens is 425 g/mol. The number of nitrogens with zero attached hydrogens (tertiary/aromatic N) is 2. The van der Waals surface area contributed by atoms with Crippen LogP contribution >= 0.6 is 35.6 Å². The molecule has 0 aliphatic carbocycles. The fraction of sp³-hybridized carbons (Fsp3) is 0.588. The third-order valence-corrected chi connectivity index (χ3v) is 4.04. The predicted molar refractivity (Wildman–Crippen MR) is 108 cm³/mol. The van der Waals surface area contributed by atoms with Gasteiger partial charge in [0.2, 0.25) is 0 Å². The van der Waals surface area contributed by atoms with E-state index in [1.54, 1.807) is 0 Å². The van der Waals surface area contributed by atoms with Crippen LogP contribution in [0.3, 0.4) is 0 Å². The zero-order valence-electron chi connectivity index (χ0n) is 13.9. The molecule has 0 radical (unpaired) electrons. The third kappa shape index (κ3) is 7.27. The number of halogens is 2. The number of benzene rings is 1. The van der Waals surface area contributed by atoms with Gasteiger partial charge in [0.05, 0.1) is 6.61 Å².